The van der Waals surface area contributed by atoms with E-state index < -0.39 is 0 Å². The van der Waals surface area contributed by atoms with Gasteiger partial charge in [0.15, 0.2) is 0 Å². The Hall–Kier alpha value is -0.300. The summed E-state index contributed by atoms with van der Waals surface area (Å²) in [6.45, 7) is 8.55. The van der Waals surface area contributed by atoms with Gasteiger partial charge in [0.1, 0.15) is 0 Å². The highest BCUT2D eigenvalue weighted by Crippen LogP contribution is 2.61. The first-order valence-electron chi connectivity index (χ1n) is 7.50. The standard InChI is InChI=1S/C16H27N/c1-4-11(2)17-12(3)16-8-13-5-14(9-16)7-15(6-13)10-16/h4,11-15,17H,1,5-10H2,2-3H3. The number of hydrogen-bond donors (Lipinski definition) is 1. The predicted molar refractivity (Wildman–Crippen MR) is 72.9 cm³/mol. The van der Waals surface area contributed by atoms with Gasteiger partial charge < -0.3 is 5.32 Å². The van der Waals surface area contributed by atoms with Gasteiger partial charge in [-0.1, -0.05) is 6.08 Å². The Labute approximate surface area is 106 Å². The Morgan fingerprint density at radius 3 is 1.94 bits per heavy atom. The smallest absolute Gasteiger partial charge is 0.0221 e. The SMILES string of the molecule is C=CC(C)NC(C)C12CC3CC(CC(C3)C1)C2. The molecule has 0 heterocycles. The molecule has 4 rings (SSSR count). The van der Waals surface area contributed by atoms with Gasteiger partial charge in [0.2, 0.25) is 0 Å². The normalized spacial score (nSPS) is 46.8. The van der Waals surface area contributed by atoms with E-state index in [0.717, 1.165) is 17.8 Å². The molecule has 96 valence electrons. The molecule has 0 spiro atoms. The molecule has 0 aliphatic heterocycles. The minimum Gasteiger partial charge on any atom is -0.308 e. The maximum atomic E-state index is 3.90. The van der Waals surface area contributed by atoms with Crippen molar-refractivity contribution in [3.8, 4) is 0 Å². The van der Waals surface area contributed by atoms with Crippen LogP contribution in [0.1, 0.15) is 52.4 Å². The molecule has 4 fully saturated rings. The second kappa shape index (κ2) is 4.12. The van der Waals surface area contributed by atoms with Crippen molar-refractivity contribution in [1.82, 2.24) is 5.32 Å². The lowest BCUT2D eigenvalue weighted by atomic mass is 9.48. The maximum Gasteiger partial charge on any atom is 0.0221 e. The monoisotopic (exact) mass is 233 g/mol. The highest BCUT2D eigenvalue weighted by atomic mass is 15.0. The van der Waals surface area contributed by atoms with Crippen LogP contribution >= 0.6 is 0 Å². The molecule has 4 bridgehead atoms. The fourth-order valence-corrected chi connectivity index (χ4v) is 5.35. The molecule has 0 aromatic rings. The first kappa shape index (κ1) is 11.8. The topological polar surface area (TPSA) is 12.0 Å². The van der Waals surface area contributed by atoms with Crippen LogP contribution in [-0.4, -0.2) is 12.1 Å². The summed E-state index contributed by atoms with van der Waals surface area (Å²) >= 11 is 0. The van der Waals surface area contributed by atoms with E-state index in [2.05, 4.69) is 25.7 Å². The van der Waals surface area contributed by atoms with Gasteiger partial charge in [-0.3, -0.25) is 0 Å². The van der Waals surface area contributed by atoms with E-state index in [-0.39, 0.29) is 0 Å². The van der Waals surface area contributed by atoms with Crippen LogP contribution in [0.2, 0.25) is 0 Å². The Morgan fingerprint density at radius 1 is 1.06 bits per heavy atom. The lowest BCUT2D eigenvalue weighted by Gasteiger charge is -2.59. The fourth-order valence-electron chi connectivity index (χ4n) is 5.35. The maximum absolute atomic E-state index is 3.90. The van der Waals surface area contributed by atoms with E-state index in [9.17, 15) is 0 Å². The predicted octanol–water partition coefficient (Wildman–Crippen LogP) is 3.76. The molecule has 0 radical (unpaired) electrons. The van der Waals surface area contributed by atoms with Gasteiger partial charge in [0, 0.05) is 12.1 Å². The third-order valence-electron chi connectivity index (χ3n) is 5.87. The first-order valence-corrected chi connectivity index (χ1v) is 7.50. The van der Waals surface area contributed by atoms with E-state index in [0.29, 0.717) is 17.5 Å². The molecule has 1 heteroatoms. The summed E-state index contributed by atoms with van der Waals surface area (Å²) in [5.74, 6) is 3.18. The molecular formula is C16H27N. The zero-order chi connectivity index (χ0) is 12.0. The Bertz CT molecular complexity index is 271. The molecule has 4 aliphatic carbocycles. The molecule has 0 aromatic heterocycles. The average Bonchev–Trinajstić information content (AvgIpc) is 2.26. The molecule has 0 saturated heterocycles. The lowest BCUT2D eigenvalue weighted by Crippen LogP contribution is -2.56. The minimum atomic E-state index is 0.456. The van der Waals surface area contributed by atoms with Crippen molar-refractivity contribution in [2.24, 2.45) is 23.2 Å². The lowest BCUT2D eigenvalue weighted by molar-refractivity contribution is -0.0711. The van der Waals surface area contributed by atoms with Crippen LogP contribution in [0.15, 0.2) is 12.7 Å². The van der Waals surface area contributed by atoms with Gasteiger partial charge in [-0.15, -0.1) is 6.58 Å². The van der Waals surface area contributed by atoms with E-state index in [4.69, 9.17) is 0 Å². The van der Waals surface area contributed by atoms with Crippen molar-refractivity contribution in [2.45, 2.75) is 64.5 Å². The van der Waals surface area contributed by atoms with Crippen molar-refractivity contribution in [2.75, 3.05) is 0 Å². The summed E-state index contributed by atoms with van der Waals surface area (Å²) in [7, 11) is 0. The van der Waals surface area contributed by atoms with Crippen molar-refractivity contribution < 1.29 is 0 Å². The number of hydrogen-bond acceptors (Lipinski definition) is 1. The molecular weight excluding hydrogens is 206 g/mol. The van der Waals surface area contributed by atoms with Crippen molar-refractivity contribution in [3.05, 3.63) is 12.7 Å². The Kier molecular flexibility index (Phi) is 2.85. The molecule has 2 atom stereocenters. The van der Waals surface area contributed by atoms with Crippen LogP contribution in [0.3, 0.4) is 0 Å². The number of rotatable bonds is 4. The molecule has 1 N–H and O–H groups in total. The van der Waals surface area contributed by atoms with Crippen molar-refractivity contribution in [3.63, 3.8) is 0 Å². The summed E-state index contributed by atoms with van der Waals surface area (Å²) in [6.07, 6.45) is 11.2. The number of nitrogens with one attached hydrogen (secondary N) is 1. The van der Waals surface area contributed by atoms with Crippen LogP contribution in [0, 0.1) is 23.2 Å². The fraction of sp³-hybridized carbons (Fsp3) is 0.875. The zero-order valence-corrected chi connectivity index (χ0v) is 11.4. The van der Waals surface area contributed by atoms with Gasteiger partial charge in [-0.25, -0.2) is 0 Å². The highest BCUT2D eigenvalue weighted by molar-refractivity contribution is 5.06. The second-order valence-corrected chi connectivity index (χ2v) is 7.19. The summed E-state index contributed by atoms with van der Waals surface area (Å²) in [4.78, 5) is 0. The molecule has 2 unspecified atom stereocenters. The third-order valence-corrected chi connectivity index (χ3v) is 5.87. The van der Waals surface area contributed by atoms with Crippen molar-refractivity contribution >= 4 is 0 Å². The summed E-state index contributed by atoms with van der Waals surface area (Å²) in [6, 6.07) is 1.13. The van der Waals surface area contributed by atoms with E-state index in [1.807, 2.05) is 6.08 Å². The third kappa shape index (κ3) is 1.97. The van der Waals surface area contributed by atoms with Crippen LogP contribution in [0.4, 0.5) is 0 Å². The minimum absolute atomic E-state index is 0.456. The summed E-state index contributed by atoms with van der Waals surface area (Å²) in [5.41, 5.74) is 0.631. The Morgan fingerprint density at radius 2 is 1.53 bits per heavy atom. The second-order valence-electron chi connectivity index (χ2n) is 7.19. The first-order chi connectivity index (χ1) is 8.11. The molecule has 0 aromatic carbocycles. The van der Waals surface area contributed by atoms with Gasteiger partial charge in [0.05, 0.1) is 0 Å². The van der Waals surface area contributed by atoms with Crippen LogP contribution in [0.25, 0.3) is 0 Å². The summed E-state index contributed by atoms with van der Waals surface area (Å²) < 4.78 is 0. The zero-order valence-electron chi connectivity index (χ0n) is 11.4. The average molecular weight is 233 g/mol. The van der Waals surface area contributed by atoms with E-state index in [1.54, 1.807) is 19.3 Å². The van der Waals surface area contributed by atoms with E-state index >= 15 is 0 Å². The largest absolute Gasteiger partial charge is 0.308 e. The molecule has 0 amide bonds. The molecule has 4 aliphatic rings. The van der Waals surface area contributed by atoms with Gasteiger partial charge in [-0.05, 0) is 75.5 Å². The van der Waals surface area contributed by atoms with Crippen molar-refractivity contribution in [1.29, 1.82) is 0 Å². The van der Waals surface area contributed by atoms with Crippen LogP contribution in [-0.2, 0) is 0 Å². The van der Waals surface area contributed by atoms with E-state index in [1.165, 1.54) is 19.3 Å². The van der Waals surface area contributed by atoms with Crippen LogP contribution < -0.4 is 5.32 Å². The Balaban J connectivity index is 1.75. The summed E-state index contributed by atoms with van der Waals surface area (Å²) in [5, 5.41) is 3.77. The molecule has 4 saturated carbocycles. The van der Waals surface area contributed by atoms with Gasteiger partial charge >= 0.3 is 0 Å². The van der Waals surface area contributed by atoms with Gasteiger partial charge in [-0.2, -0.15) is 0 Å². The highest BCUT2D eigenvalue weighted by Gasteiger charge is 2.52. The molecule has 1 nitrogen and oxygen atoms in total. The molecule has 17 heavy (non-hydrogen) atoms. The van der Waals surface area contributed by atoms with Crippen LogP contribution in [0.5, 0.6) is 0 Å². The quantitative estimate of drug-likeness (QED) is 0.729. The van der Waals surface area contributed by atoms with Gasteiger partial charge in [0.25, 0.3) is 0 Å².